The van der Waals surface area contributed by atoms with Gasteiger partial charge in [0.1, 0.15) is 12.4 Å². The number of aryl methyl sites for hydroxylation is 2. The lowest BCUT2D eigenvalue weighted by atomic mass is 10.1. The van der Waals surface area contributed by atoms with Crippen LogP contribution < -0.4 is 4.74 Å². The minimum atomic E-state index is 0.320. The van der Waals surface area contributed by atoms with E-state index in [0.717, 1.165) is 11.3 Å². The van der Waals surface area contributed by atoms with Crippen LogP contribution in [0.5, 0.6) is 5.75 Å². The topological polar surface area (TPSA) is 41.8 Å². The second kappa shape index (κ2) is 4.82. The maximum atomic E-state index is 8.50. The molecule has 0 saturated heterocycles. The third-order valence-corrected chi connectivity index (χ3v) is 2.37. The van der Waals surface area contributed by atoms with Crippen LogP contribution >= 0.6 is 0 Å². The zero-order valence-electron chi connectivity index (χ0n) is 9.66. The van der Waals surface area contributed by atoms with E-state index in [1.165, 1.54) is 11.1 Å². The number of oxime groups is 1. The summed E-state index contributed by atoms with van der Waals surface area (Å²) in [5.74, 6) is 0.857. The summed E-state index contributed by atoms with van der Waals surface area (Å²) in [7, 11) is 0. The predicted molar refractivity (Wildman–Crippen MR) is 61.0 cm³/mol. The molecule has 0 aromatic heterocycles. The standard InChI is InChI=1S/C12H17NO2/c1-8-5-9(2)11(4)12(6-8)15-7-10(3)13-14/h5-6,14H,7H2,1-4H3. The summed E-state index contributed by atoms with van der Waals surface area (Å²) >= 11 is 0. The molecule has 0 aliphatic rings. The van der Waals surface area contributed by atoms with E-state index in [2.05, 4.69) is 18.1 Å². The lowest BCUT2D eigenvalue weighted by molar-refractivity contribution is 0.306. The van der Waals surface area contributed by atoms with Gasteiger partial charge in [0.05, 0.1) is 5.71 Å². The lowest BCUT2D eigenvalue weighted by Crippen LogP contribution is -2.08. The Hall–Kier alpha value is -1.51. The molecule has 1 rings (SSSR count). The quantitative estimate of drug-likeness (QED) is 0.470. The van der Waals surface area contributed by atoms with E-state index in [0.29, 0.717) is 12.3 Å². The first kappa shape index (κ1) is 11.6. The monoisotopic (exact) mass is 207 g/mol. The molecule has 15 heavy (non-hydrogen) atoms. The van der Waals surface area contributed by atoms with Crippen LogP contribution in [0.1, 0.15) is 23.6 Å². The number of hydrogen-bond acceptors (Lipinski definition) is 3. The molecule has 3 nitrogen and oxygen atoms in total. The lowest BCUT2D eigenvalue weighted by Gasteiger charge is -2.11. The summed E-state index contributed by atoms with van der Waals surface area (Å²) in [6.07, 6.45) is 0. The summed E-state index contributed by atoms with van der Waals surface area (Å²) < 4.78 is 5.56. The third kappa shape index (κ3) is 2.98. The van der Waals surface area contributed by atoms with Gasteiger partial charge in [-0.2, -0.15) is 0 Å². The van der Waals surface area contributed by atoms with Crippen molar-refractivity contribution in [1.29, 1.82) is 0 Å². The molecule has 0 aliphatic heterocycles. The molecular formula is C12H17NO2. The molecule has 0 heterocycles. The van der Waals surface area contributed by atoms with Gasteiger partial charge in [-0.05, 0) is 50.5 Å². The molecule has 0 saturated carbocycles. The zero-order valence-corrected chi connectivity index (χ0v) is 9.66. The average Bonchev–Trinajstić information content (AvgIpc) is 2.20. The molecule has 0 atom stereocenters. The second-order valence-corrected chi connectivity index (χ2v) is 3.83. The summed E-state index contributed by atoms with van der Waals surface area (Å²) in [4.78, 5) is 0. The first-order valence-corrected chi connectivity index (χ1v) is 4.92. The van der Waals surface area contributed by atoms with Crippen LogP contribution in [0.15, 0.2) is 17.3 Å². The van der Waals surface area contributed by atoms with E-state index < -0.39 is 0 Å². The Morgan fingerprint density at radius 1 is 1.33 bits per heavy atom. The molecule has 1 aromatic carbocycles. The summed E-state index contributed by atoms with van der Waals surface area (Å²) in [6.45, 7) is 8.15. The fourth-order valence-corrected chi connectivity index (χ4v) is 1.36. The highest BCUT2D eigenvalue weighted by atomic mass is 16.5. The highest BCUT2D eigenvalue weighted by Gasteiger charge is 2.04. The van der Waals surface area contributed by atoms with Crippen LogP contribution in [0.2, 0.25) is 0 Å². The number of nitrogens with zero attached hydrogens (tertiary/aromatic N) is 1. The summed E-state index contributed by atoms with van der Waals surface area (Å²) in [5.41, 5.74) is 4.08. The van der Waals surface area contributed by atoms with Crippen molar-refractivity contribution < 1.29 is 9.94 Å². The van der Waals surface area contributed by atoms with Crippen molar-refractivity contribution in [2.75, 3.05) is 6.61 Å². The molecule has 1 aromatic rings. The number of hydrogen-bond donors (Lipinski definition) is 1. The molecule has 0 aliphatic carbocycles. The van der Waals surface area contributed by atoms with Crippen LogP contribution in [0.3, 0.4) is 0 Å². The molecular weight excluding hydrogens is 190 g/mol. The van der Waals surface area contributed by atoms with Gasteiger partial charge in [-0.1, -0.05) is 11.2 Å². The van der Waals surface area contributed by atoms with Crippen LogP contribution in [-0.4, -0.2) is 17.5 Å². The Balaban J connectivity index is 2.85. The molecule has 82 valence electrons. The average molecular weight is 207 g/mol. The van der Waals surface area contributed by atoms with Gasteiger partial charge >= 0.3 is 0 Å². The van der Waals surface area contributed by atoms with Gasteiger partial charge in [0.15, 0.2) is 0 Å². The van der Waals surface area contributed by atoms with Gasteiger partial charge in [0.2, 0.25) is 0 Å². The highest BCUT2D eigenvalue weighted by molar-refractivity contribution is 5.82. The van der Waals surface area contributed by atoms with E-state index in [-0.39, 0.29) is 0 Å². The molecule has 3 heteroatoms. The van der Waals surface area contributed by atoms with Crippen molar-refractivity contribution in [1.82, 2.24) is 0 Å². The predicted octanol–water partition coefficient (Wildman–Crippen LogP) is 2.84. The van der Waals surface area contributed by atoms with Gasteiger partial charge in [-0.15, -0.1) is 0 Å². The highest BCUT2D eigenvalue weighted by Crippen LogP contribution is 2.23. The van der Waals surface area contributed by atoms with Crippen molar-refractivity contribution in [3.63, 3.8) is 0 Å². The Morgan fingerprint density at radius 3 is 2.60 bits per heavy atom. The molecule has 0 spiro atoms. The van der Waals surface area contributed by atoms with Crippen molar-refractivity contribution in [3.8, 4) is 5.75 Å². The first-order valence-electron chi connectivity index (χ1n) is 4.92. The van der Waals surface area contributed by atoms with Crippen molar-refractivity contribution in [2.24, 2.45) is 5.16 Å². The van der Waals surface area contributed by atoms with Crippen LogP contribution in [0, 0.1) is 20.8 Å². The normalized spacial score (nSPS) is 11.6. The summed E-state index contributed by atoms with van der Waals surface area (Å²) in [6, 6.07) is 4.11. The number of rotatable bonds is 3. The zero-order chi connectivity index (χ0) is 11.4. The summed E-state index contributed by atoms with van der Waals surface area (Å²) in [5, 5.41) is 11.6. The maximum Gasteiger partial charge on any atom is 0.129 e. The van der Waals surface area contributed by atoms with E-state index in [1.54, 1.807) is 6.92 Å². The molecule has 0 radical (unpaired) electrons. The molecule has 0 fully saturated rings. The number of ether oxygens (including phenoxy) is 1. The largest absolute Gasteiger partial charge is 0.487 e. The van der Waals surface area contributed by atoms with E-state index in [1.807, 2.05) is 19.9 Å². The van der Waals surface area contributed by atoms with Crippen molar-refractivity contribution in [3.05, 3.63) is 28.8 Å². The van der Waals surface area contributed by atoms with Crippen molar-refractivity contribution in [2.45, 2.75) is 27.7 Å². The molecule has 0 amide bonds. The van der Waals surface area contributed by atoms with Crippen LogP contribution in [0.25, 0.3) is 0 Å². The maximum absolute atomic E-state index is 8.50. The SMILES string of the molecule is CC(COc1cc(C)cc(C)c1C)=NO. The molecule has 0 unspecified atom stereocenters. The first-order chi connectivity index (χ1) is 7.04. The minimum absolute atomic E-state index is 0.320. The van der Waals surface area contributed by atoms with Crippen LogP contribution in [-0.2, 0) is 0 Å². The Bertz CT molecular complexity index is 383. The second-order valence-electron chi connectivity index (χ2n) is 3.83. The Labute approximate surface area is 90.4 Å². The smallest absolute Gasteiger partial charge is 0.129 e. The Morgan fingerprint density at radius 2 is 2.00 bits per heavy atom. The van der Waals surface area contributed by atoms with Gasteiger partial charge in [0.25, 0.3) is 0 Å². The van der Waals surface area contributed by atoms with E-state index in [9.17, 15) is 0 Å². The fraction of sp³-hybridized carbons (Fsp3) is 0.417. The number of benzene rings is 1. The van der Waals surface area contributed by atoms with Gasteiger partial charge in [0, 0.05) is 0 Å². The van der Waals surface area contributed by atoms with Gasteiger partial charge < -0.3 is 9.94 Å². The van der Waals surface area contributed by atoms with Crippen LogP contribution in [0.4, 0.5) is 0 Å². The fourth-order valence-electron chi connectivity index (χ4n) is 1.36. The Kier molecular flexibility index (Phi) is 3.72. The molecule has 1 N–H and O–H groups in total. The van der Waals surface area contributed by atoms with Gasteiger partial charge in [-0.3, -0.25) is 0 Å². The van der Waals surface area contributed by atoms with E-state index >= 15 is 0 Å². The third-order valence-electron chi connectivity index (χ3n) is 2.37. The van der Waals surface area contributed by atoms with Crippen molar-refractivity contribution >= 4 is 5.71 Å². The molecule has 0 bridgehead atoms. The minimum Gasteiger partial charge on any atom is -0.487 e. The van der Waals surface area contributed by atoms with E-state index in [4.69, 9.17) is 9.94 Å². The van der Waals surface area contributed by atoms with Gasteiger partial charge in [-0.25, -0.2) is 0 Å².